The summed E-state index contributed by atoms with van der Waals surface area (Å²) in [6.07, 6.45) is 11.0. The molecule has 4 N–H and O–H groups in total. The van der Waals surface area contributed by atoms with Gasteiger partial charge >= 0.3 is 0 Å². The summed E-state index contributed by atoms with van der Waals surface area (Å²) in [5, 5.41) is 12.3. The minimum Gasteiger partial charge on any atom is -0.412 e. The highest BCUT2D eigenvalue weighted by molar-refractivity contribution is 4.86. The first-order chi connectivity index (χ1) is 8.79. The lowest BCUT2D eigenvalue weighted by Crippen LogP contribution is -2.40. The third-order valence-electron chi connectivity index (χ3n) is 4.69. The zero-order chi connectivity index (χ0) is 13.3. The van der Waals surface area contributed by atoms with Crippen LogP contribution in [0, 0.1) is 5.92 Å². The van der Waals surface area contributed by atoms with Crippen molar-refractivity contribution in [1.82, 2.24) is 5.32 Å². The van der Waals surface area contributed by atoms with Crippen LogP contribution in [-0.4, -0.2) is 29.4 Å². The lowest BCUT2D eigenvalue weighted by molar-refractivity contribution is -0.342. The summed E-state index contributed by atoms with van der Waals surface area (Å²) in [5.41, 5.74) is -0.250. The third-order valence-corrected chi connectivity index (χ3v) is 4.69. The second kappa shape index (κ2) is 10.6. The first-order valence-electron chi connectivity index (χ1n) is 7.82. The molecule has 2 aliphatic rings. The highest BCUT2D eigenvalue weighted by atomic mass is 17.1. The summed E-state index contributed by atoms with van der Waals surface area (Å²) < 4.78 is 0. The maximum Gasteiger partial charge on any atom is 0.106 e. The van der Waals surface area contributed by atoms with Gasteiger partial charge in [0.2, 0.25) is 0 Å². The summed E-state index contributed by atoms with van der Waals surface area (Å²) in [6, 6.07) is 0. The Kier molecular flexibility index (Phi) is 10.5. The van der Waals surface area contributed by atoms with E-state index in [1.54, 1.807) is 0 Å². The van der Waals surface area contributed by atoms with Crippen LogP contribution >= 0.6 is 0 Å². The maximum absolute atomic E-state index is 9.03. The van der Waals surface area contributed by atoms with Gasteiger partial charge in [0.05, 0.1) is 0 Å². The van der Waals surface area contributed by atoms with Gasteiger partial charge in [0.15, 0.2) is 0 Å². The molecule has 0 unspecified atom stereocenters. The Labute approximate surface area is 118 Å². The molecule has 1 saturated heterocycles. The standard InChI is InChI=1S/C11H22O2.C4H9N.H2O/c1-3-11(4-2,13-12)10-8-6-5-7-9-10;1-2-4-5-3-1;/h10,12H,3-9H2,1-2H3;5H,1-4H2;1H2. The maximum atomic E-state index is 9.03. The smallest absolute Gasteiger partial charge is 0.106 e. The Morgan fingerprint density at radius 3 is 1.84 bits per heavy atom. The minimum absolute atomic E-state index is 0. The quantitative estimate of drug-likeness (QED) is 0.611. The number of hydrogen-bond acceptors (Lipinski definition) is 3. The molecule has 0 aromatic heterocycles. The average Bonchev–Trinajstić information content (AvgIpc) is 3.02. The second-order valence-electron chi connectivity index (χ2n) is 5.66. The van der Waals surface area contributed by atoms with E-state index in [9.17, 15) is 0 Å². The molecule has 1 aliphatic carbocycles. The van der Waals surface area contributed by atoms with Crippen molar-refractivity contribution in [3.8, 4) is 0 Å². The average molecular weight is 275 g/mol. The Bertz CT molecular complexity index is 182. The van der Waals surface area contributed by atoms with Gasteiger partial charge in [0.25, 0.3) is 0 Å². The van der Waals surface area contributed by atoms with Crippen molar-refractivity contribution < 1.29 is 15.6 Å². The van der Waals surface area contributed by atoms with Crippen LogP contribution in [0.25, 0.3) is 0 Å². The molecule has 1 aliphatic heterocycles. The highest BCUT2D eigenvalue weighted by Gasteiger charge is 2.37. The first-order valence-corrected chi connectivity index (χ1v) is 7.82. The van der Waals surface area contributed by atoms with E-state index in [4.69, 9.17) is 10.1 Å². The normalized spacial score (nSPS) is 20.4. The first kappa shape index (κ1) is 18.8. The van der Waals surface area contributed by atoms with Crippen molar-refractivity contribution in [3.05, 3.63) is 0 Å². The third kappa shape index (κ3) is 5.78. The van der Waals surface area contributed by atoms with Crippen molar-refractivity contribution in [2.45, 2.75) is 77.2 Å². The fraction of sp³-hybridized carbons (Fsp3) is 1.00. The van der Waals surface area contributed by atoms with Gasteiger partial charge < -0.3 is 10.8 Å². The molecule has 116 valence electrons. The van der Waals surface area contributed by atoms with Crippen LogP contribution in [0.15, 0.2) is 0 Å². The van der Waals surface area contributed by atoms with E-state index < -0.39 is 0 Å². The van der Waals surface area contributed by atoms with Gasteiger partial charge in [-0.15, -0.1) is 0 Å². The van der Waals surface area contributed by atoms with Gasteiger partial charge in [0.1, 0.15) is 5.60 Å². The molecule has 19 heavy (non-hydrogen) atoms. The molecule has 4 heteroatoms. The van der Waals surface area contributed by atoms with Crippen molar-refractivity contribution in [1.29, 1.82) is 0 Å². The van der Waals surface area contributed by atoms with Crippen LogP contribution in [0.2, 0.25) is 0 Å². The fourth-order valence-electron chi connectivity index (χ4n) is 3.28. The van der Waals surface area contributed by atoms with Crippen molar-refractivity contribution in [3.63, 3.8) is 0 Å². The monoisotopic (exact) mass is 275 g/mol. The van der Waals surface area contributed by atoms with Crippen molar-refractivity contribution >= 4 is 0 Å². The summed E-state index contributed by atoms with van der Waals surface area (Å²) in [5.74, 6) is 0.571. The van der Waals surface area contributed by atoms with Gasteiger partial charge in [-0.3, -0.25) is 5.26 Å². The van der Waals surface area contributed by atoms with E-state index in [-0.39, 0.29) is 11.1 Å². The summed E-state index contributed by atoms with van der Waals surface area (Å²) in [7, 11) is 0. The van der Waals surface area contributed by atoms with Crippen LogP contribution in [0.3, 0.4) is 0 Å². The lowest BCUT2D eigenvalue weighted by atomic mass is 9.74. The molecule has 0 atom stereocenters. The molecule has 4 nitrogen and oxygen atoms in total. The molecule has 0 aromatic rings. The van der Waals surface area contributed by atoms with Gasteiger partial charge in [-0.05, 0) is 57.5 Å². The van der Waals surface area contributed by atoms with Gasteiger partial charge in [-0.1, -0.05) is 33.1 Å². The largest absolute Gasteiger partial charge is 0.412 e. The molecule has 0 radical (unpaired) electrons. The van der Waals surface area contributed by atoms with Crippen LogP contribution in [0.4, 0.5) is 0 Å². The molecule has 0 aromatic carbocycles. The molecule has 0 spiro atoms. The summed E-state index contributed by atoms with van der Waals surface area (Å²) >= 11 is 0. The number of hydrogen-bond donors (Lipinski definition) is 2. The predicted molar refractivity (Wildman–Crippen MR) is 79.3 cm³/mol. The molecule has 1 heterocycles. The highest BCUT2D eigenvalue weighted by Crippen LogP contribution is 2.38. The Balaban J connectivity index is 0.000000454. The molecule has 2 fully saturated rings. The van der Waals surface area contributed by atoms with Crippen LogP contribution in [0.5, 0.6) is 0 Å². The Morgan fingerprint density at radius 1 is 1.00 bits per heavy atom. The Hall–Kier alpha value is -0.160. The van der Waals surface area contributed by atoms with Gasteiger partial charge in [0, 0.05) is 0 Å². The van der Waals surface area contributed by atoms with E-state index in [1.807, 2.05) is 0 Å². The van der Waals surface area contributed by atoms with Gasteiger partial charge in [-0.25, -0.2) is 4.89 Å². The summed E-state index contributed by atoms with van der Waals surface area (Å²) in [4.78, 5) is 4.78. The van der Waals surface area contributed by atoms with Crippen molar-refractivity contribution in [2.24, 2.45) is 5.92 Å². The minimum atomic E-state index is -0.250. The van der Waals surface area contributed by atoms with E-state index in [1.165, 1.54) is 58.0 Å². The molecule has 2 rings (SSSR count). The van der Waals surface area contributed by atoms with Crippen LogP contribution < -0.4 is 5.32 Å². The molecular weight excluding hydrogens is 242 g/mol. The number of nitrogens with one attached hydrogen (secondary N) is 1. The zero-order valence-electron chi connectivity index (χ0n) is 12.7. The second-order valence-corrected chi connectivity index (χ2v) is 5.66. The fourth-order valence-corrected chi connectivity index (χ4v) is 3.28. The van der Waals surface area contributed by atoms with E-state index in [0.29, 0.717) is 5.92 Å². The molecule has 1 saturated carbocycles. The Morgan fingerprint density at radius 2 is 1.53 bits per heavy atom. The summed E-state index contributed by atoms with van der Waals surface area (Å²) in [6.45, 7) is 6.71. The van der Waals surface area contributed by atoms with Crippen LogP contribution in [0.1, 0.15) is 71.6 Å². The van der Waals surface area contributed by atoms with Crippen molar-refractivity contribution in [2.75, 3.05) is 13.1 Å². The van der Waals surface area contributed by atoms with E-state index in [0.717, 1.165) is 12.8 Å². The van der Waals surface area contributed by atoms with E-state index >= 15 is 0 Å². The molecule has 0 bridgehead atoms. The van der Waals surface area contributed by atoms with Gasteiger partial charge in [-0.2, -0.15) is 0 Å². The number of rotatable bonds is 4. The lowest BCUT2D eigenvalue weighted by Gasteiger charge is -2.38. The van der Waals surface area contributed by atoms with E-state index in [2.05, 4.69) is 19.2 Å². The molecule has 0 amide bonds. The van der Waals surface area contributed by atoms with Crippen LogP contribution in [-0.2, 0) is 4.89 Å². The topological polar surface area (TPSA) is 73.0 Å². The predicted octanol–water partition coefficient (Wildman–Crippen LogP) is 3.16. The SMILES string of the molecule is C1CCNC1.CCC(CC)(OO)C1CCCCC1.O. The molecular formula is C15H33NO3. The zero-order valence-corrected chi connectivity index (χ0v) is 12.7.